The SMILES string of the molecule is CCN(C)S(=O)(=O)Nc1ccc(F)c(Oc2ccc3ncn([C@H]4COC5(CCN(C(=O)CN6CCC(c7ccc(N8CCC(=O)NC8=O)cc7OS(C)(=O)=O)CC6)CC5)C4)c(=O)c3c2)c1C#N. The molecule has 1 spiro atoms. The van der Waals surface area contributed by atoms with Crippen LogP contribution < -0.4 is 29.4 Å². The second-order valence-corrected chi connectivity index (χ2v) is 20.6. The number of nitrogens with one attached hydrogen (secondary N) is 2. The van der Waals surface area contributed by atoms with Gasteiger partial charge >= 0.3 is 26.4 Å². The number of anilines is 2. The monoisotopic (exact) mass is 963 g/mol. The van der Waals surface area contributed by atoms with Crippen molar-refractivity contribution in [3.8, 4) is 23.3 Å². The topological polar surface area (TPSA) is 243 Å². The number of halogens is 1. The number of amides is 4. The van der Waals surface area contributed by atoms with E-state index in [2.05, 4.69) is 19.9 Å². The number of carbonyl (C=O) groups excluding carboxylic acids is 3. The number of hydrogen-bond acceptors (Lipinski definition) is 14. The van der Waals surface area contributed by atoms with Crippen LogP contribution in [0.2, 0.25) is 0 Å². The number of rotatable bonds is 13. The lowest BCUT2D eigenvalue weighted by Crippen LogP contribution is -2.50. The Kier molecular flexibility index (Phi) is 13.3. The molecule has 4 fully saturated rings. The molecule has 20 nitrogen and oxygen atoms in total. The number of fused-ring (bicyclic) bond motifs is 1. The van der Waals surface area contributed by atoms with Crippen LogP contribution in [-0.4, -0.2) is 130 Å². The smallest absolute Gasteiger partial charge is 0.328 e. The first kappa shape index (κ1) is 47.3. The van der Waals surface area contributed by atoms with Gasteiger partial charge in [-0.3, -0.25) is 38.8 Å². The normalized spacial score (nSPS) is 19.4. The van der Waals surface area contributed by atoms with E-state index in [0.29, 0.717) is 75.1 Å². The quantitative estimate of drug-likeness (QED) is 0.181. The first-order chi connectivity index (χ1) is 31.9. The van der Waals surface area contributed by atoms with Crippen molar-refractivity contribution < 1.29 is 49.3 Å². The van der Waals surface area contributed by atoms with Crippen LogP contribution in [-0.2, 0) is 34.7 Å². The van der Waals surface area contributed by atoms with E-state index in [4.69, 9.17) is 13.7 Å². The van der Waals surface area contributed by atoms with Crippen molar-refractivity contribution in [2.75, 3.05) is 75.3 Å². The molecule has 4 saturated heterocycles. The zero-order chi connectivity index (χ0) is 47.8. The molecule has 0 bridgehead atoms. The number of carbonyl (C=O) groups is 3. The fourth-order valence-corrected chi connectivity index (χ4v) is 10.5. The predicted molar refractivity (Wildman–Crippen MR) is 242 cm³/mol. The van der Waals surface area contributed by atoms with Crippen molar-refractivity contribution in [1.82, 2.24) is 29.0 Å². The number of nitriles is 1. The summed E-state index contributed by atoms with van der Waals surface area (Å²) in [5.41, 5.74) is -0.0648. The lowest BCUT2D eigenvalue weighted by Gasteiger charge is -2.40. The number of aromatic nitrogens is 2. The van der Waals surface area contributed by atoms with Gasteiger partial charge in [0.2, 0.25) is 11.8 Å². The lowest BCUT2D eigenvalue weighted by molar-refractivity contribution is -0.137. The Morgan fingerprint density at radius 1 is 1.04 bits per heavy atom. The maximum atomic E-state index is 15.1. The Morgan fingerprint density at radius 3 is 2.48 bits per heavy atom. The van der Waals surface area contributed by atoms with E-state index in [1.54, 1.807) is 19.1 Å². The molecule has 67 heavy (non-hydrogen) atoms. The third-order valence-corrected chi connectivity index (χ3v) is 14.9. The zero-order valence-corrected chi connectivity index (χ0v) is 38.7. The Hall–Kier alpha value is -6.19. The Bertz CT molecular complexity index is 2950. The highest BCUT2D eigenvalue weighted by Gasteiger charge is 2.44. The Morgan fingerprint density at radius 2 is 1.79 bits per heavy atom. The van der Waals surface area contributed by atoms with Gasteiger partial charge in [0.1, 0.15) is 23.1 Å². The Balaban J connectivity index is 0.871. The fraction of sp³-hybridized carbons (Fsp3) is 0.455. The molecule has 4 amide bonds. The summed E-state index contributed by atoms with van der Waals surface area (Å²) < 4.78 is 87.4. The van der Waals surface area contributed by atoms with Gasteiger partial charge in [-0.05, 0) is 93.1 Å². The van der Waals surface area contributed by atoms with Crippen molar-refractivity contribution >= 4 is 60.5 Å². The summed E-state index contributed by atoms with van der Waals surface area (Å²) in [5.74, 6) is -1.75. The first-order valence-corrected chi connectivity index (χ1v) is 25.1. The second kappa shape index (κ2) is 18.8. The summed E-state index contributed by atoms with van der Waals surface area (Å²) in [7, 11) is -6.60. The lowest BCUT2D eigenvalue weighted by atomic mass is 9.87. The summed E-state index contributed by atoms with van der Waals surface area (Å²) in [4.78, 5) is 61.5. The highest BCUT2D eigenvalue weighted by atomic mass is 32.2. The van der Waals surface area contributed by atoms with E-state index in [-0.39, 0.29) is 90.1 Å². The molecule has 0 aliphatic carbocycles. The molecule has 4 aromatic rings. The highest BCUT2D eigenvalue weighted by Crippen LogP contribution is 2.42. The number of urea groups is 1. The van der Waals surface area contributed by atoms with Crippen LogP contribution in [0.1, 0.15) is 68.5 Å². The van der Waals surface area contributed by atoms with Gasteiger partial charge < -0.3 is 18.6 Å². The number of ether oxygens (including phenoxy) is 2. The Labute approximate surface area is 386 Å². The number of hydrogen-bond donors (Lipinski definition) is 2. The van der Waals surface area contributed by atoms with E-state index in [1.807, 2.05) is 11.0 Å². The standard InChI is InChI=1S/C44H50FN9O11S2/c1-4-50(2)67(61,62)49-37-10-8-35(45)41(34(37)24-46)64-31-6-9-36-33(22-31)42(57)54(27-47-36)30-23-44(63-26-30)14-19-52(20-15-44)40(56)25-51-16-11-28(12-17-51)32-7-5-29(21-38(32)65-66(3,59)60)53-18-13-39(55)48-43(53)58/h5-10,21-22,27-28,30,49H,4,11-20,23,25-26H2,1-3H3,(H,48,55,58)/t30-/m1/s1. The minimum absolute atomic E-state index is 0.0153. The van der Waals surface area contributed by atoms with Crippen molar-refractivity contribution in [2.45, 2.75) is 63.0 Å². The second-order valence-electron chi connectivity index (χ2n) is 17.2. The highest BCUT2D eigenvalue weighted by molar-refractivity contribution is 7.90. The number of nitrogens with zero attached hydrogens (tertiary/aromatic N) is 7. The molecule has 1 aromatic heterocycles. The maximum absolute atomic E-state index is 15.1. The predicted octanol–water partition coefficient (Wildman–Crippen LogP) is 3.79. The van der Waals surface area contributed by atoms with Gasteiger partial charge in [-0.2, -0.15) is 26.4 Å². The average Bonchev–Trinajstić information content (AvgIpc) is 3.69. The van der Waals surface area contributed by atoms with Gasteiger partial charge in [-0.15, -0.1) is 0 Å². The van der Waals surface area contributed by atoms with Crippen LogP contribution in [0.3, 0.4) is 0 Å². The molecule has 0 saturated carbocycles. The molecule has 4 aliphatic heterocycles. The van der Waals surface area contributed by atoms with E-state index in [1.165, 1.54) is 47.1 Å². The third-order valence-electron chi connectivity index (χ3n) is 12.9. The van der Waals surface area contributed by atoms with Gasteiger partial charge in [0.15, 0.2) is 11.6 Å². The summed E-state index contributed by atoms with van der Waals surface area (Å²) in [5, 5.41) is 12.4. The van der Waals surface area contributed by atoms with E-state index in [0.717, 1.165) is 22.7 Å². The van der Waals surface area contributed by atoms with Crippen LogP contribution in [0.4, 0.5) is 20.6 Å². The zero-order valence-electron chi connectivity index (χ0n) is 37.1. The van der Waals surface area contributed by atoms with Crippen molar-refractivity contribution in [3.63, 3.8) is 0 Å². The van der Waals surface area contributed by atoms with Crippen LogP contribution in [0.25, 0.3) is 10.9 Å². The van der Waals surface area contributed by atoms with Crippen LogP contribution in [0.5, 0.6) is 17.2 Å². The molecule has 3 aromatic carbocycles. The van der Waals surface area contributed by atoms with Crippen molar-refractivity contribution in [2.24, 2.45) is 0 Å². The van der Waals surface area contributed by atoms with Gasteiger partial charge in [0.05, 0.1) is 54.0 Å². The van der Waals surface area contributed by atoms with E-state index >= 15 is 4.39 Å². The average molecular weight is 964 g/mol. The van der Waals surface area contributed by atoms with Gasteiger partial charge in [0, 0.05) is 51.4 Å². The molecule has 0 radical (unpaired) electrons. The van der Waals surface area contributed by atoms with Crippen molar-refractivity contribution in [3.05, 3.63) is 82.2 Å². The third kappa shape index (κ3) is 10.2. The number of likely N-dealkylation sites (tertiary alicyclic amines) is 2. The minimum Gasteiger partial charge on any atom is -0.453 e. The largest absolute Gasteiger partial charge is 0.453 e. The van der Waals surface area contributed by atoms with Crippen molar-refractivity contribution in [1.29, 1.82) is 5.26 Å². The summed E-state index contributed by atoms with van der Waals surface area (Å²) in [6.07, 6.45) is 5.44. The molecule has 4 aliphatic rings. The molecule has 2 N–H and O–H groups in total. The van der Waals surface area contributed by atoms with Crippen LogP contribution in [0, 0.1) is 17.1 Å². The molecule has 356 valence electrons. The van der Waals surface area contributed by atoms with Gasteiger partial charge in [-0.25, -0.2) is 14.2 Å². The molecule has 1 atom stereocenters. The number of imide groups is 1. The fourth-order valence-electron chi connectivity index (χ4n) is 9.07. The molecular formula is C44H50FN9O11S2. The van der Waals surface area contributed by atoms with E-state index < -0.39 is 43.5 Å². The molecule has 0 unspecified atom stereocenters. The van der Waals surface area contributed by atoms with Gasteiger partial charge in [0.25, 0.3) is 5.56 Å². The summed E-state index contributed by atoms with van der Waals surface area (Å²) in [6.45, 7) is 4.49. The maximum Gasteiger partial charge on any atom is 0.328 e. The van der Waals surface area contributed by atoms with Crippen LogP contribution in [0.15, 0.2) is 59.7 Å². The number of benzene rings is 3. The first-order valence-electron chi connectivity index (χ1n) is 21.8. The molecule has 8 rings (SSSR count). The molecule has 23 heteroatoms. The minimum atomic E-state index is -4.04. The molecular weight excluding hydrogens is 914 g/mol. The van der Waals surface area contributed by atoms with E-state index in [9.17, 15) is 41.3 Å². The molecule has 5 heterocycles. The number of piperidine rings is 2. The summed E-state index contributed by atoms with van der Waals surface area (Å²) >= 11 is 0. The van der Waals surface area contributed by atoms with Crippen LogP contribution >= 0.6 is 0 Å². The van der Waals surface area contributed by atoms with Gasteiger partial charge in [-0.1, -0.05) is 13.0 Å². The summed E-state index contributed by atoms with van der Waals surface area (Å²) in [6, 6.07) is 12.3.